The van der Waals surface area contributed by atoms with Crippen LogP contribution in [-0.4, -0.2) is 5.91 Å². The highest BCUT2D eigenvalue weighted by molar-refractivity contribution is 6.34. The summed E-state index contributed by atoms with van der Waals surface area (Å²) in [7, 11) is 0. The van der Waals surface area contributed by atoms with Crippen LogP contribution in [0.4, 0.5) is 5.69 Å². The fourth-order valence-corrected chi connectivity index (χ4v) is 2.34. The maximum atomic E-state index is 11.9. The highest BCUT2D eigenvalue weighted by Crippen LogP contribution is 2.27. The van der Waals surface area contributed by atoms with Gasteiger partial charge in [-0.2, -0.15) is 0 Å². The number of benzene rings is 2. The Labute approximate surface area is 124 Å². The number of aryl methyl sites for hydroxylation is 2. The second kappa shape index (κ2) is 6.40. The van der Waals surface area contributed by atoms with Crippen molar-refractivity contribution in [3.63, 3.8) is 0 Å². The van der Waals surface area contributed by atoms with Crippen LogP contribution in [0.15, 0.2) is 48.5 Å². The minimum atomic E-state index is -0.192. The minimum absolute atomic E-state index is 0.192. The van der Waals surface area contributed by atoms with Gasteiger partial charge < -0.3 is 5.32 Å². The van der Waals surface area contributed by atoms with Crippen LogP contribution < -0.4 is 5.32 Å². The van der Waals surface area contributed by atoms with E-state index in [-0.39, 0.29) is 5.91 Å². The average Bonchev–Trinajstić information content (AvgIpc) is 2.42. The van der Waals surface area contributed by atoms with Crippen LogP contribution in [0.1, 0.15) is 16.7 Å². The van der Waals surface area contributed by atoms with Gasteiger partial charge >= 0.3 is 0 Å². The topological polar surface area (TPSA) is 29.1 Å². The maximum Gasteiger partial charge on any atom is 0.248 e. The number of carbonyl (C=O) groups is 1. The second-order valence-corrected chi connectivity index (χ2v) is 5.08. The maximum absolute atomic E-state index is 11.9. The largest absolute Gasteiger partial charge is 0.321 e. The summed E-state index contributed by atoms with van der Waals surface area (Å²) < 4.78 is 0. The molecule has 1 N–H and O–H groups in total. The molecule has 20 heavy (non-hydrogen) atoms. The molecule has 0 aromatic heterocycles. The third-order valence-electron chi connectivity index (χ3n) is 2.91. The number of rotatable bonds is 3. The highest BCUT2D eigenvalue weighted by atomic mass is 35.5. The first kappa shape index (κ1) is 14.4. The molecule has 0 aliphatic heterocycles. The lowest BCUT2D eigenvalue weighted by atomic mass is 10.1. The molecule has 0 spiro atoms. The van der Waals surface area contributed by atoms with Crippen molar-refractivity contribution in [2.75, 3.05) is 5.32 Å². The van der Waals surface area contributed by atoms with Crippen molar-refractivity contribution in [3.8, 4) is 0 Å². The van der Waals surface area contributed by atoms with Gasteiger partial charge in [-0.1, -0.05) is 48.0 Å². The smallest absolute Gasteiger partial charge is 0.248 e. The number of halogens is 1. The molecule has 0 radical (unpaired) electrons. The minimum Gasteiger partial charge on any atom is -0.321 e. The molecule has 2 aromatic rings. The van der Waals surface area contributed by atoms with E-state index < -0.39 is 0 Å². The Bertz CT molecular complexity index is 624. The fourth-order valence-electron chi connectivity index (χ4n) is 1.97. The summed E-state index contributed by atoms with van der Waals surface area (Å²) in [6.07, 6.45) is 3.28. The second-order valence-electron chi connectivity index (χ2n) is 4.67. The molecule has 0 aliphatic rings. The molecule has 3 heteroatoms. The molecule has 0 bridgehead atoms. The Morgan fingerprint density at radius 3 is 2.50 bits per heavy atom. The van der Waals surface area contributed by atoms with Gasteiger partial charge in [0, 0.05) is 6.08 Å². The normalized spacial score (nSPS) is 10.8. The van der Waals surface area contributed by atoms with Crippen LogP contribution in [-0.2, 0) is 4.79 Å². The molecule has 0 unspecified atom stereocenters. The van der Waals surface area contributed by atoms with E-state index in [0.717, 1.165) is 16.7 Å². The zero-order chi connectivity index (χ0) is 14.5. The number of nitrogens with one attached hydrogen (secondary N) is 1. The summed E-state index contributed by atoms with van der Waals surface area (Å²) in [5.41, 5.74) is 3.68. The summed E-state index contributed by atoms with van der Waals surface area (Å²) in [5.74, 6) is -0.192. The number of carbonyl (C=O) groups excluding carboxylic acids is 1. The van der Waals surface area contributed by atoms with E-state index >= 15 is 0 Å². The molecule has 2 nitrogen and oxygen atoms in total. The molecular formula is C17H16ClNO. The van der Waals surface area contributed by atoms with E-state index in [1.807, 2.05) is 56.3 Å². The summed E-state index contributed by atoms with van der Waals surface area (Å²) in [5, 5.41) is 3.38. The van der Waals surface area contributed by atoms with Crippen LogP contribution in [0.25, 0.3) is 6.08 Å². The van der Waals surface area contributed by atoms with Crippen molar-refractivity contribution in [1.29, 1.82) is 0 Å². The Morgan fingerprint density at radius 2 is 1.85 bits per heavy atom. The number of hydrogen-bond donors (Lipinski definition) is 1. The molecular weight excluding hydrogens is 270 g/mol. The van der Waals surface area contributed by atoms with Gasteiger partial charge in [-0.05, 0) is 42.7 Å². The molecule has 2 aromatic carbocycles. The summed E-state index contributed by atoms with van der Waals surface area (Å²) >= 11 is 6.16. The highest BCUT2D eigenvalue weighted by Gasteiger charge is 2.07. The van der Waals surface area contributed by atoms with Gasteiger partial charge in [-0.3, -0.25) is 4.79 Å². The third kappa shape index (κ3) is 3.72. The Kier molecular flexibility index (Phi) is 4.59. The SMILES string of the molecule is Cc1cc(C)c(NC(=O)C=Cc2ccccc2)c(Cl)c1. The van der Waals surface area contributed by atoms with E-state index in [2.05, 4.69) is 5.32 Å². The molecule has 2 rings (SSSR count). The van der Waals surface area contributed by atoms with E-state index in [9.17, 15) is 4.79 Å². The molecule has 1 amide bonds. The predicted molar refractivity (Wildman–Crippen MR) is 85.0 cm³/mol. The average molecular weight is 286 g/mol. The lowest BCUT2D eigenvalue weighted by molar-refractivity contribution is -0.111. The molecule has 0 fully saturated rings. The number of amides is 1. The molecule has 102 valence electrons. The molecule has 0 saturated heterocycles. The van der Waals surface area contributed by atoms with Gasteiger partial charge in [0.05, 0.1) is 10.7 Å². The van der Waals surface area contributed by atoms with Crippen molar-refractivity contribution in [2.45, 2.75) is 13.8 Å². The van der Waals surface area contributed by atoms with Gasteiger partial charge in [0.2, 0.25) is 5.91 Å². The number of anilines is 1. The van der Waals surface area contributed by atoms with Crippen LogP contribution in [0.3, 0.4) is 0 Å². The van der Waals surface area contributed by atoms with Gasteiger partial charge in [0.1, 0.15) is 0 Å². The van der Waals surface area contributed by atoms with Crippen molar-refractivity contribution in [3.05, 3.63) is 70.3 Å². The Balaban J connectivity index is 2.11. The van der Waals surface area contributed by atoms with Crippen LogP contribution in [0.2, 0.25) is 5.02 Å². The van der Waals surface area contributed by atoms with E-state index in [1.165, 1.54) is 6.08 Å². The first-order valence-corrected chi connectivity index (χ1v) is 6.75. The fraction of sp³-hybridized carbons (Fsp3) is 0.118. The third-order valence-corrected chi connectivity index (χ3v) is 3.20. The van der Waals surface area contributed by atoms with E-state index in [0.29, 0.717) is 10.7 Å². The van der Waals surface area contributed by atoms with Crippen molar-refractivity contribution in [1.82, 2.24) is 0 Å². The van der Waals surface area contributed by atoms with Gasteiger partial charge in [-0.25, -0.2) is 0 Å². The lowest BCUT2D eigenvalue weighted by Crippen LogP contribution is -2.09. The first-order chi connectivity index (χ1) is 9.56. The molecule has 0 saturated carbocycles. The summed E-state index contributed by atoms with van der Waals surface area (Å²) in [6.45, 7) is 3.90. The van der Waals surface area contributed by atoms with Crippen molar-refractivity contribution < 1.29 is 4.79 Å². The standard InChI is InChI=1S/C17H16ClNO/c1-12-10-13(2)17(15(18)11-12)19-16(20)9-8-14-6-4-3-5-7-14/h3-11H,1-2H3,(H,19,20). The van der Waals surface area contributed by atoms with Gasteiger partial charge in [0.15, 0.2) is 0 Å². The number of hydrogen-bond acceptors (Lipinski definition) is 1. The van der Waals surface area contributed by atoms with E-state index in [1.54, 1.807) is 6.08 Å². The quantitative estimate of drug-likeness (QED) is 0.820. The van der Waals surface area contributed by atoms with Gasteiger partial charge in [-0.15, -0.1) is 0 Å². The van der Waals surface area contributed by atoms with Crippen molar-refractivity contribution in [2.24, 2.45) is 0 Å². The first-order valence-electron chi connectivity index (χ1n) is 6.37. The molecule has 0 aliphatic carbocycles. The molecule has 0 heterocycles. The van der Waals surface area contributed by atoms with Crippen LogP contribution >= 0.6 is 11.6 Å². The van der Waals surface area contributed by atoms with E-state index in [4.69, 9.17) is 11.6 Å². The summed E-state index contributed by atoms with van der Waals surface area (Å²) in [4.78, 5) is 11.9. The monoisotopic (exact) mass is 285 g/mol. The zero-order valence-corrected chi connectivity index (χ0v) is 12.2. The predicted octanol–water partition coefficient (Wildman–Crippen LogP) is 4.61. The summed E-state index contributed by atoms with van der Waals surface area (Å²) in [6, 6.07) is 13.5. The van der Waals surface area contributed by atoms with Crippen molar-refractivity contribution >= 4 is 29.3 Å². The Morgan fingerprint density at radius 1 is 1.15 bits per heavy atom. The lowest BCUT2D eigenvalue weighted by Gasteiger charge is -2.10. The van der Waals surface area contributed by atoms with Crippen LogP contribution in [0.5, 0.6) is 0 Å². The molecule has 0 atom stereocenters. The Hall–Kier alpha value is -2.06. The van der Waals surface area contributed by atoms with Gasteiger partial charge in [0.25, 0.3) is 0 Å². The zero-order valence-electron chi connectivity index (χ0n) is 11.5. The van der Waals surface area contributed by atoms with Crippen LogP contribution in [0, 0.1) is 13.8 Å².